The molecule has 178 valence electrons. The minimum Gasteiger partial charge on any atom is -0.494 e. The van der Waals surface area contributed by atoms with E-state index in [2.05, 4.69) is 6.58 Å². The zero-order valence-corrected chi connectivity index (χ0v) is 19.9. The van der Waals surface area contributed by atoms with E-state index in [1.54, 1.807) is 48.5 Å². The molecule has 33 heavy (non-hydrogen) atoms. The third-order valence-electron chi connectivity index (χ3n) is 5.43. The van der Waals surface area contributed by atoms with E-state index in [0.717, 1.165) is 31.4 Å². The van der Waals surface area contributed by atoms with Gasteiger partial charge in [0.15, 0.2) is 0 Å². The molecule has 0 fully saturated rings. The molecule has 0 saturated carbocycles. The van der Waals surface area contributed by atoms with E-state index < -0.39 is 5.97 Å². The second-order valence-electron chi connectivity index (χ2n) is 8.16. The van der Waals surface area contributed by atoms with Crippen molar-refractivity contribution in [1.82, 2.24) is 0 Å². The van der Waals surface area contributed by atoms with Gasteiger partial charge in [0.25, 0.3) is 0 Å². The summed E-state index contributed by atoms with van der Waals surface area (Å²) in [5, 5.41) is 0. The molecule has 0 saturated heterocycles. The fourth-order valence-electron chi connectivity index (χ4n) is 3.10. The van der Waals surface area contributed by atoms with Crippen LogP contribution in [-0.4, -0.2) is 18.5 Å². The highest BCUT2D eigenvalue weighted by atomic mass is 16.5. The van der Waals surface area contributed by atoms with Crippen LogP contribution in [0.15, 0.2) is 61.2 Å². The van der Waals surface area contributed by atoms with Crippen LogP contribution in [0.3, 0.4) is 0 Å². The zero-order valence-electron chi connectivity index (χ0n) is 19.9. The molecular weight excluding hydrogens is 416 g/mol. The molecule has 0 amide bonds. The number of ether oxygens (including phenoxy) is 3. The second kappa shape index (κ2) is 14.9. The van der Waals surface area contributed by atoms with Crippen LogP contribution in [0, 0.1) is 5.92 Å². The fraction of sp³-hybridized carbons (Fsp3) is 0.429. The monoisotopic (exact) mass is 452 g/mol. The molecule has 0 aromatic heterocycles. The Bertz CT molecular complexity index is 855. The summed E-state index contributed by atoms with van der Waals surface area (Å²) in [4.78, 5) is 24.2. The SMILES string of the molecule is C=CCCCCCCCCOc1ccc(C(=O)Oc2ccc(OC(=O)[C@@H](C)CC)cc2)cc1. The van der Waals surface area contributed by atoms with Gasteiger partial charge in [0.2, 0.25) is 0 Å². The van der Waals surface area contributed by atoms with Gasteiger partial charge in [-0.1, -0.05) is 45.6 Å². The van der Waals surface area contributed by atoms with Crippen molar-refractivity contribution in [1.29, 1.82) is 0 Å². The Morgan fingerprint density at radius 2 is 1.36 bits per heavy atom. The first-order valence-electron chi connectivity index (χ1n) is 11.9. The van der Waals surface area contributed by atoms with Gasteiger partial charge in [-0.3, -0.25) is 4.79 Å². The Kier molecular flexibility index (Phi) is 11.8. The van der Waals surface area contributed by atoms with Crippen molar-refractivity contribution in [3.8, 4) is 17.2 Å². The van der Waals surface area contributed by atoms with E-state index in [-0.39, 0.29) is 11.9 Å². The number of carbonyl (C=O) groups excluding carboxylic acids is 2. The summed E-state index contributed by atoms with van der Waals surface area (Å²) in [5.41, 5.74) is 0.439. The highest BCUT2D eigenvalue weighted by Crippen LogP contribution is 2.21. The number of hydrogen-bond acceptors (Lipinski definition) is 5. The average Bonchev–Trinajstić information content (AvgIpc) is 2.84. The highest BCUT2D eigenvalue weighted by molar-refractivity contribution is 5.91. The molecular formula is C28H36O5. The Morgan fingerprint density at radius 3 is 1.97 bits per heavy atom. The second-order valence-corrected chi connectivity index (χ2v) is 8.16. The minimum atomic E-state index is -0.456. The van der Waals surface area contributed by atoms with Gasteiger partial charge in [0.1, 0.15) is 17.2 Å². The van der Waals surface area contributed by atoms with Gasteiger partial charge in [-0.2, -0.15) is 0 Å². The molecule has 1 atom stereocenters. The lowest BCUT2D eigenvalue weighted by Crippen LogP contribution is -2.16. The van der Waals surface area contributed by atoms with Crippen molar-refractivity contribution in [3.05, 3.63) is 66.7 Å². The average molecular weight is 453 g/mol. The van der Waals surface area contributed by atoms with Gasteiger partial charge in [-0.25, -0.2) is 4.79 Å². The highest BCUT2D eigenvalue weighted by Gasteiger charge is 2.14. The lowest BCUT2D eigenvalue weighted by atomic mass is 10.1. The van der Waals surface area contributed by atoms with E-state index in [1.165, 1.54) is 25.7 Å². The Morgan fingerprint density at radius 1 is 0.818 bits per heavy atom. The van der Waals surface area contributed by atoms with Gasteiger partial charge >= 0.3 is 11.9 Å². The standard InChI is InChI=1S/C28H36O5/c1-4-6-7-8-9-10-11-12-21-31-24-15-13-23(14-16-24)28(30)33-26-19-17-25(18-20-26)32-27(29)22(3)5-2/h4,13-20,22H,1,5-12,21H2,2-3H3/t22-/m0/s1. The predicted molar refractivity (Wildman–Crippen MR) is 131 cm³/mol. The van der Waals surface area contributed by atoms with Gasteiger partial charge in [0.05, 0.1) is 18.1 Å². The Balaban J connectivity index is 1.71. The van der Waals surface area contributed by atoms with Crippen LogP contribution in [0.25, 0.3) is 0 Å². The molecule has 2 rings (SSSR count). The third kappa shape index (κ3) is 9.94. The summed E-state index contributed by atoms with van der Waals surface area (Å²) in [7, 11) is 0. The summed E-state index contributed by atoms with van der Waals surface area (Å²) < 4.78 is 16.5. The molecule has 0 bridgehead atoms. The molecule has 5 nitrogen and oxygen atoms in total. The maximum Gasteiger partial charge on any atom is 0.343 e. The molecule has 2 aromatic rings. The predicted octanol–water partition coefficient (Wildman–Crippen LogP) is 7.15. The smallest absolute Gasteiger partial charge is 0.343 e. The van der Waals surface area contributed by atoms with Crippen LogP contribution >= 0.6 is 0 Å². The molecule has 0 heterocycles. The molecule has 0 spiro atoms. The molecule has 0 N–H and O–H groups in total. The van der Waals surface area contributed by atoms with Crippen molar-refractivity contribution in [2.45, 2.75) is 65.2 Å². The van der Waals surface area contributed by atoms with Crippen LogP contribution in [0.1, 0.15) is 75.6 Å². The quantitative estimate of drug-likeness (QED) is 0.124. The summed E-state index contributed by atoms with van der Waals surface area (Å²) in [6, 6.07) is 13.4. The maximum absolute atomic E-state index is 12.4. The van der Waals surface area contributed by atoms with Crippen LogP contribution in [0.4, 0.5) is 0 Å². The van der Waals surface area contributed by atoms with Crippen molar-refractivity contribution in [3.63, 3.8) is 0 Å². The molecule has 0 aliphatic rings. The summed E-state index contributed by atoms with van der Waals surface area (Å²) in [5.74, 6) is 0.658. The number of unbranched alkanes of at least 4 members (excludes halogenated alkanes) is 6. The lowest BCUT2D eigenvalue weighted by molar-refractivity contribution is -0.138. The van der Waals surface area contributed by atoms with Crippen LogP contribution in [0.2, 0.25) is 0 Å². The Labute approximate surface area is 197 Å². The summed E-state index contributed by atoms with van der Waals surface area (Å²) in [6.45, 7) is 8.17. The first-order valence-corrected chi connectivity index (χ1v) is 11.9. The first-order chi connectivity index (χ1) is 16.0. The van der Waals surface area contributed by atoms with E-state index in [9.17, 15) is 9.59 Å². The van der Waals surface area contributed by atoms with E-state index >= 15 is 0 Å². The summed E-state index contributed by atoms with van der Waals surface area (Å²) >= 11 is 0. The molecule has 0 radical (unpaired) electrons. The first kappa shape index (κ1) is 26.2. The van der Waals surface area contributed by atoms with Crippen molar-refractivity contribution < 1.29 is 23.8 Å². The minimum absolute atomic E-state index is 0.160. The molecule has 0 aliphatic heterocycles. The number of benzene rings is 2. The largest absolute Gasteiger partial charge is 0.494 e. The van der Waals surface area contributed by atoms with Gasteiger partial charge in [0, 0.05) is 0 Å². The van der Waals surface area contributed by atoms with Crippen LogP contribution < -0.4 is 14.2 Å². The Hall–Kier alpha value is -3.08. The van der Waals surface area contributed by atoms with Crippen molar-refractivity contribution in [2.75, 3.05) is 6.61 Å². The van der Waals surface area contributed by atoms with Gasteiger partial charge in [-0.05, 0) is 74.2 Å². The molecule has 5 heteroatoms. The number of carbonyl (C=O) groups is 2. The van der Waals surface area contributed by atoms with E-state index in [1.807, 2.05) is 19.9 Å². The molecule has 2 aromatic carbocycles. The lowest BCUT2D eigenvalue weighted by Gasteiger charge is -2.10. The molecule has 0 unspecified atom stereocenters. The van der Waals surface area contributed by atoms with E-state index in [4.69, 9.17) is 14.2 Å². The number of rotatable bonds is 15. The van der Waals surface area contributed by atoms with Crippen molar-refractivity contribution in [2.24, 2.45) is 5.92 Å². The number of esters is 2. The van der Waals surface area contributed by atoms with Crippen LogP contribution in [0.5, 0.6) is 17.2 Å². The van der Waals surface area contributed by atoms with E-state index in [0.29, 0.717) is 23.7 Å². The number of allylic oxidation sites excluding steroid dienone is 1. The fourth-order valence-corrected chi connectivity index (χ4v) is 3.10. The van der Waals surface area contributed by atoms with Crippen molar-refractivity contribution >= 4 is 11.9 Å². The number of hydrogen-bond donors (Lipinski definition) is 0. The summed E-state index contributed by atoms with van der Waals surface area (Å²) in [6.07, 6.45) is 11.0. The third-order valence-corrected chi connectivity index (χ3v) is 5.43. The van der Waals surface area contributed by atoms with Gasteiger partial charge < -0.3 is 14.2 Å². The normalized spacial score (nSPS) is 11.5. The van der Waals surface area contributed by atoms with Gasteiger partial charge in [-0.15, -0.1) is 6.58 Å². The zero-order chi connectivity index (χ0) is 23.9. The maximum atomic E-state index is 12.4. The topological polar surface area (TPSA) is 61.8 Å². The molecule has 0 aliphatic carbocycles. The van der Waals surface area contributed by atoms with Crippen LogP contribution in [-0.2, 0) is 4.79 Å².